The zero-order valence-electron chi connectivity index (χ0n) is 10.7. The fraction of sp³-hybridized carbons (Fsp3) is 0.462. The lowest BCUT2D eigenvalue weighted by molar-refractivity contribution is -0.122. The molecular weight excluding hydrogens is 280 g/mol. The molecule has 0 fully saturated rings. The third-order valence-electron chi connectivity index (χ3n) is 2.14. The molecule has 0 spiro atoms. The maximum absolute atomic E-state index is 11.9. The minimum absolute atomic E-state index is 0.00625. The number of carbonyl (C=O) groups excluding carboxylic acids is 1. The van der Waals surface area contributed by atoms with Gasteiger partial charge in [-0.2, -0.15) is 0 Å². The van der Waals surface area contributed by atoms with Gasteiger partial charge >= 0.3 is 0 Å². The van der Waals surface area contributed by atoms with Crippen molar-refractivity contribution in [3.63, 3.8) is 0 Å². The summed E-state index contributed by atoms with van der Waals surface area (Å²) in [4.78, 5) is 11.9. The van der Waals surface area contributed by atoms with Crippen LogP contribution in [-0.2, 0) is 4.79 Å². The molecule has 0 aliphatic rings. The second-order valence-electron chi connectivity index (χ2n) is 5.09. The van der Waals surface area contributed by atoms with E-state index in [4.69, 9.17) is 0 Å². The molecule has 0 heterocycles. The highest BCUT2D eigenvalue weighted by Gasteiger charge is 2.19. The Morgan fingerprint density at radius 2 is 1.88 bits per heavy atom. The number of anilines is 1. The monoisotopic (exact) mass is 298 g/mol. The molecule has 0 saturated carbocycles. The van der Waals surface area contributed by atoms with Gasteiger partial charge in [0.1, 0.15) is 6.04 Å². The van der Waals surface area contributed by atoms with Crippen molar-refractivity contribution in [1.82, 2.24) is 5.32 Å². The molecule has 0 aromatic heterocycles. The Morgan fingerprint density at radius 3 is 2.41 bits per heavy atom. The Balaban J connectivity index is 2.64. The highest BCUT2D eigenvalue weighted by atomic mass is 79.9. The third kappa shape index (κ3) is 4.77. The largest absolute Gasteiger partial charge is 0.373 e. The Labute approximate surface area is 111 Å². The van der Waals surface area contributed by atoms with Gasteiger partial charge in [-0.3, -0.25) is 4.79 Å². The smallest absolute Gasteiger partial charge is 0.242 e. The molecule has 1 aromatic carbocycles. The van der Waals surface area contributed by atoms with Crippen LogP contribution in [0.3, 0.4) is 0 Å². The molecule has 1 amide bonds. The van der Waals surface area contributed by atoms with Crippen LogP contribution < -0.4 is 10.6 Å². The second-order valence-corrected chi connectivity index (χ2v) is 5.94. The van der Waals surface area contributed by atoms with Crippen molar-refractivity contribution in [2.24, 2.45) is 0 Å². The Morgan fingerprint density at radius 1 is 1.29 bits per heavy atom. The van der Waals surface area contributed by atoms with Crippen molar-refractivity contribution < 1.29 is 4.79 Å². The first-order valence-corrected chi connectivity index (χ1v) is 6.42. The number of hydrogen-bond donors (Lipinski definition) is 2. The normalized spacial score (nSPS) is 13.0. The van der Waals surface area contributed by atoms with Gasteiger partial charge in [-0.25, -0.2) is 0 Å². The van der Waals surface area contributed by atoms with Crippen molar-refractivity contribution in [1.29, 1.82) is 0 Å². The lowest BCUT2D eigenvalue weighted by Gasteiger charge is -2.24. The Hall–Kier alpha value is -1.03. The van der Waals surface area contributed by atoms with Crippen LogP contribution in [0.15, 0.2) is 28.7 Å². The number of para-hydroxylation sites is 1. The van der Waals surface area contributed by atoms with E-state index in [9.17, 15) is 4.79 Å². The highest BCUT2D eigenvalue weighted by molar-refractivity contribution is 9.10. The van der Waals surface area contributed by atoms with E-state index in [1.807, 2.05) is 52.0 Å². The molecule has 0 bridgehead atoms. The van der Waals surface area contributed by atoms with Gasteiger partial charge in [0, 0.05) is 15.7 Å². The van der Waals surface area contributed by atoms with Gasteiger partial charge < -0.3 is 10.6 Å². The molecule has 4 heteroatoms. The van der Waals surface area contributed by atoms with Crippen LogP contribution in [0.25, 0.3) is 0 Å². The average molecular weight is 299 g/mol. The van der Waals surface area contributed by atoms with Gasteiger partial charge in [0.05, 0.1) is 0 Å². The molecule has 17 heavy (non-hydrogen) atoms. The molecule has 0 radical (unpaired) electrons. The Kier molecular flexibility index (Phi) is 4.57. The standard InChI is InChI=1S/C13H19BrN2O/c1-9(12(17)16-13(2,3)4)15-11-8-6-5-7-10(11)14/h5-9,15H,1-4H3,(H,16,17). The minimum atomic E-state index is -0.270. The van der Waals surface area contributed by atoms with Crippen molar-refractivity contribution in [2.75, 3.05) is 5.32 Å². The van der Waals surface area contributed by atoms with Gasteiger partial charge in [0.25, 0.3) is 0 Å². The summed E-state index contributed by atoms with van der Waals surface area (Å²) in [7, 11) is 0. The molecule has 0 aliphatic heterocycles. The SMILES string of the molecule is CC(Nc1ccccc1Br)C(=O)NC(C)(C)C. The molecule has 0 saturated heterocycles. The molecule has 1 aromatic rings. The fourth-order valence-corrected chi connectivity index (χ4v) is 1.75. The number of hydrogen-bond acceptors (Lipinski definition) is 2. The predicted molar refractivity (Wildman–Crippen MR) is 75.1 cm³/mol. The van der Waals surface area contributed by atoms with Crippen molar-refractivity contribution in [3.8, 4) is 0 Å². The van der Waals surface area contributed by atoms with Gasteiger partial charge in [-0.1, -0.05) is 12.1 Å². The lowest BCUT2D eigenvalue weighted by atomic mass is 10.1. The molecule has 1 atom stereocenters. The lowest BCUT2D eigenvalue weighted by Crippen LogP contribution is -2.47. The van der Waals surface area contributed by atoms with Crippen molar-refractivity contribution >= 4 is 27.5 Å². The minimum Gasteiger partial charge on any atom is -0.373 e. The van der Waals surface area contributed by atoms with E-state index in [-0.39, 0.29) is 17.5 Å². The summed E-state index contributed by atoms with van der Waals surface area (Å²) < 4.78 is 0.954. The summed E-state index contributed by atoms with van der Waals surface area (Å²) >= 11 is 3.44. The van der Waals surface area contributed by atoms with Gasteiger partial charge in [0.15, 0.2) is 0 Å². The van der Waals surface area contributed by atoms with Gasteiger partial charge in [-0.15, -0.1) is 0 Å². The quantitative estimate of drug-likeness (QED) is 0.900. The average Bonchev–Trinajstić information content (AvgIpc) is 2.18. The van der Waals surface area contributed by atoms with Crippen LogP contribution in [-0.4, -0.2) is 17.5 Å². The molecule has 1 rings (SSSR count). The molecule has 2 N–H and O–H groups in total. The Bertz CT molecular complexity index is 399. The van der Waals surface area contributed by atoms with E-state index in [0.29, 0.717) is 0 Å². The first kappa shape index (κ1) is 14.0. The summed E-state index contributed by atoms with van der Waals surface area (Å²) in [5, 5.41) is 6.12. The van der Waals surface area contributed by atoms with E-state index in [2.05, 4.69) is 26.6 Å². The summed E-state index contributed by atoms with van der Waals surface area (Å²) in [5.41, 5.74) is 0.713. The van der Waals surface area contributed by atoms with Gasteiger partial charge in [-0.05, 0) is 55.8 Å². The molecule has 3 nitrogen and oxygen atoms in total. The maximum Gasteiger partial charge on any atom is 0.242 e. The number of rotatable bonds is 3. The maximum atomic E-state index is 11.9. The van der Waals surface area contributed by atoms with E-state index in [1.54, 1.807) is 0 Å². The number of amides is 1. The van der Waals surface area contributed by atoms with Crippen LogP contribution in [0, 0.1) is 0 Å². The predicted octanol–water partition coefficient (Wildman–Crippen LogP) is 3.16. The van der Waals surface area contributed by atoms with Crippen molar-refractivity contribution in [2.45, 2.75) is 39.3 Å². The zero-order valence-corrected chi connectivity index (χ0v) is 12.3. The highest BCUT2D eigenvalue weighted by Crippen LogP contribution is 2.21. The van der Waals surface area contributed by atoms with Crippen LogP contribution >= 0.6 is 15.9 Å². The number of nitrogens with one attached hydrogen (secondary N) is 2. The van der Waals surface area contributed by atoms with Crippen LogP contribution in [0.4, 0.5) is 5.69 Å². The van der Waals surface area contributed by atoms with E-state index < -0.39 is 0 Å². The van der Waals surface area contributed by atoms with Crippen molar-refractivity contribution in [3.05, 3.63) is 28.7 Å². The number of carbonyl (C=O) groups is 1. The van der Waals surface area contributed by atoms with E-state index in [0.717, 1.165) is 10.2 Å². The second kappa shape index (κ2) is 5.54. The molecular formula is C13H19BrN2O. The number of benzene rings is 1. The summed E-state index contributed by atoms with van der Waals surface area (Å²) in [6, 6.07) is 7.48. The van der Waals surface area contributed by atoms with E-state index in [1.165, 1.54) is 0 Å². The fourth-order valence-electron chi connectivity index (χ4n) is 1.35. The summed E-state index contributed by atoms with van der Waals surface area (Å²) in [5.74, 6) is -0.00625. The van der Waals surface area contributed by atoms with E-state index >= 15 is 0 Å². The summed E-state index contributed by atoms with van der Waals surface area (Å²) in [6.45, 7) is 7.75. The number of halogens is 1. The molecule has 94 valence electrons. The molecule has 0 aliphatic carbocycles. The topological polar surface area (TPSA) is 41.1 Å². The zero-order chi connectivity index (χ0) is 13.1. The summed E-state index contributed by atoms with van der Waals surface area (Å²) in [6.07, 6.45) is 0. The third-order valence-corrected chi connectivity index (χ3v) is 2.83. The van der Waals surface area contributed by atoms with Gasteiger partial charge in [0.2, 0.25) is 5.91 Å². The van der Waals surface area contributed by atoms with Crippen LogP contribution in [0.1, 0.15) is 27.7 Å². The first-order chi connectivity index (χ1) is 7.79. The van der Waals surface area contributed by atoms with Crippen LogP contribution in [0.5, 0.6) is 0 Å². The molecule has 1 unspecified atom stereocenters. The van der Waals surface area contributed by atoms with Crippen LogP contribution in [0.2, 0.25) is 0 Å². The first-order valence-electron chi connectivity index (χ1n) is 5.63.